The lowest BCUT2D eigenvalue weighted by molar-refractivity contribution is -0.146. The van der Waals surface area contributed by atoms with Gasteiger partial charge in [0.1, 0.15) is 0 Å². The third-order valence-corrected chi connectivity index (χ3v) is 3.94. The number of hydrogen-bond donors (Lipinski definition) is 2. The van der Waals surface area contributed by atoms with Crippen molar-refractivity contribution in [3.63, 3.8) is 0 Å². The molecule has 18 heavy (non-hydrogen) atoms. The molecule has 1 amide bonds. The van der Waals surface area contributed by atoms with Crippen LogP contribution < -0.4 is 5.32 Å². The van der Waals surface area contributed by atoms with Crippen molar-refractivity contribution in [2.45, 2.75) is 44.6 Å². The topological polar surface area (TPSA) is 69.6 Å². The van der Waals surface area contributed by atoms with Crippen LogP contribution in [0.1, 0.15) is 38.5 Å². The average Bonchev–Trinajstić information content (AvgIpc) is 2.67. The number of amides is 1. The van der Waals surface area contributed by atoms with Crippen LogP contribution >= 0.6 is 0 Å². The number of rotatable bonds is 2. The predicted molar refractivity (Wildman–Crippen MR) is 67.2 cm³/mol. The molecule has 2 fully saturated rings. The summed E-state index contributed by atoms with van der Waals surface area (Å²) in [6, 6.07) is -0.0972. The highest BCUT2D eigenvalue weighted by Crippen LogP contribution is 2.19. The number of carbonyl (C=O) groups excluding carboxylic acids is 1. The molecule has 2 N–H and O–H groups in total. The van der Waals surface area contributed by atoms with Crippen LogP contribution in [-0.2, 0) is 9.59 Å². The van der Waals surface area contributed by atoms with Crippen LogP contribution in [0.25, 0.3) is 0 Å². The van der Waals surface area contributed by atoms with Crippen molar-refractivity contribution < 1.29 is 14.7 Å². The summed E-state index contributed by atoms with van der Waals surface area (Å²) >= 11 is 0. The maximum Gasteiger partial charge on any atom is 0.308 e. The van der Waals surface area contributed by atoms with Gasteiger partial charge in [0.2, 0.25) is 5.91 Å². The minimum atomic E-state index is -0.777. The van der Waals surface area contributed by atoms with Crippen LogP contribution in [0.2, 0.25) is 0 Å². The summed E-state index contributed by atoms with van der Waals surface area (Å²) in [4.78, 5) is 25.1. The van der Waals surface area contributed by atoms with Crippen molar-refractivity contribution in [3.05, 3.63) is 0 Å². The molecule has 1 unspecified atom stereocenters. The van der Waals surface area contributed by atoms with Gasteiger partial charge < -0.3 is 15.3 Å². The van der Waals surface area contributed by atoms with Crippen LogP contribution in [0.3, 0.4) is 0 Å². The van der Waals surface area contributed by atoms with Crippen molar-refractivity contribution in [2.75, 3.05) is 19.6 Å². The van der Waals surface area contributed by atoms with Crippen molar-refractivity contribution in [1.29, 1.82) is 0 Å². The molecule has 0 bridgehead atoms. The fraction of sp³-hybridized carbons (Fsp3) is 0.846. The summed E-state index contributed by atoms with van der Waals surface area (Å²) in [7, 11) is 0. The second-order valence-corrected chi connectivity index (χ2v) is 5.32. The summed E-state index contributed by atoms with van der Waals surface area (Å²) in [6.45, 7) is 1.99. The number of carbonyl (C=O) groups is 2. The van der Waals surface area contributed by atoms with Gasteiger partial charge >= 0.3 is 5.97 Å². The van der Waals surface area contributed by atoms with Gasteiger partial charge in [0.05, 0.1) is 12.0 Å². The minimum Gasteiger partial charge on any atom is -0.481 e. The van der Waals surface area contributed by atoms with E-state index < -0.39 is 5.97 Å². The van der Waals surface area contributed by atoms with Gasteiger partial charge in [-0.1, -0.05) is 12.8 Å². The Balaban J connectivity index is 1.92. The van der Waals surface area contributed by atoms with Crippen molar-refractivity contribution in [3.8, 4) is 0 Å². The molecule has 5 heteroatoms. The molecule has 2 rings (SSSR count). The molecular weight excluding hydrogens is 232 g/mol. The molecule has 2 atom stereocenters. The molecule has 0 aromatic rings. The lowest BCUT2D eigenvalue weighted by atomic mass is 9.97. The molecule has 2 saturated heterocycles. The van der Waals surface area contributed by atoms with E-state index in [1.165, 1.54) is 6.42 Å². The van der Waals surface area contributed by atoms with Crippen molar-refractivity contribution in [2.24, 2.45) is 5.92 Å². The highest BCUT2D eigenvalue weighted by atomic mass is 16.4. The Morgan fingerprint density at radius 2 is 1.94 bits per heavy atom. The van der Waals surface area contributed by atoms with Gasteiger partial charge in [-0.05, 0) is 32.2 Å². The molecule has 5 nitrogen and oxygen atoms in total. The second kappa shape index (κ2) is 6.18. The molecule has 0 radical (unpaired) electrons. The SMILES string of the molecule is O=C(O)[C@H]1CCCN(C(=O)C2CCCCCN2)C1. The first-order valence-electron chi connectivity index (χ1n) is 6.93. The number of hydrogen-bond acceptors (Lipinski definition) is 3. The van der Waals surface area contributed by atoms with E-state index in [0.29, 0.717) is 19.5 Å². The molecule has 0 aromatic carbocycles. The van der Waals surface area contributed by atoms with E-state index >= 15 is 0 Å². The summed E-state index contributed by atoms with van der Waals surface area (Å²) in [5.41, 5.74) is 0. The molecule has 2 aliphatic heterocycles. The van der Waals surface area contributed by atoms with Gasteiger partial charge in [-0.15, -0.1) is 0 Å². The van der Waals surface area contributed by atoms with E-state index in [4.69, 9.17) is 5.11 Å². The van der Waals surface area contributed by atoms with E-state index in [1.54, 1.807) is 4.90 Å². The number of carboxylic acid groups (broad SMARTS) is 1. The molecule has 0 aromatic heterocycles. The third kappa shape index (κ3) is 3.22. The number of carboxylic acids is 1. The van der Waals surface area contributed by atoms with Crippen LogP contribution in [-0.4, -0.2) is 47.6 Å². The monoisotopic (exact) mass is 254 g/mol. The number of nitrogens with one attached hydrogen (secondary N) is 1. The predicted octanol–water partition coefficient (Wildman–Crippen LogP) is 0.842. The van der Waals surface area contributed by atoms with E-state index in [-0.39, 0.29) is 17.9 Å². The number of nitrogens with zero attached hydrogens (tertiary/aromatic N) is 1. The normalized spacial score (nSPS) is 29.7. The number of likely N-dealkylation sites (tertiary alicyclic amines) is 1. The van der Waals surface area contributed by atoms with Crippen molar-refractivity contribution in [1.82, 2.24) is 10.2 Å². The van der Waals surface area contributed by atoms with Crippen LogP contribution in [0.4, 0.5) is 0 Å². The smallest absolute Gasteiger partial charge is 0.308 e. The zero-order valence-electron chi connectivity index (χ0n) is 10.7. The van der Waals surface area contributed by atoms with Gasteiger partial charge in [0.25, 0.3) is 0 Å². The molecular formula is C13H22N2O3. The van der Waals surface area contributed by atoms with Gasteiger partial charge in [-0.25, -0.2) is 0 Å². The lowest BCUT2D eigenvalue weighted by Gasteiger charge is -2.33. The van der Waals surface area contributed by atoms with Crippen molar-refractivity contribution >= 4 is 11.9 Å². The minimum absolute atomic E-state index is 0.0972. The van der Waals surface area contributed by atoms with Gasteiger partial charge in [0.15, 0.2) is 0 Å². The standard InChI is InChI=1S/C13H22N2O3/c16-12(11-6-2-1-3-7-14-11)15-8-4-5-10(9-15)13(17)18/h10-11,14H,1-9H2,(H,17,18)/t10-,11?/m0/s1. The zero-order chi connectivity index (χ0) is 13.0. The molecule has 2 aliphatic rings. The Kier molecular flexibility index (Phi) is 4.58. The first-order chi connectivity index (χ1) is 8.68. The summed E-state index contributed by atoms with van der Waals surface area (Å²) in [5.74, 6) is -1.06. The first kappa shape index (κ1) is 13.3. The summed E-state index contributed by atoms with van der Waals surface area (Å²) in [5, 5.41) is 12.3. The maximum absolute atomic E-state index is 12.3. The molecule has 2 heterocycles. The number of aliphatic carboxylic acids is 1. The zero-order valence-corrected chi connectivity index (χ0v) is 10.7. The summed E-state index contributed by atoms with van der Waals surface area (Å²) in [6.07, 6.45) is 5.76. The molecule has 0 saturated carbocycles. The quantitative estimate of drug-likeness (QED) is 0.766. The van der Waals surface area contributed by atoms with Gasteiger partial charge in [-0.3, -0.25) is 9.59 Å². The fourth-order valence-corrected chi connectivity index (χ4v) is 2.84. The van der Waals surface area contributed by atoms with Gasteiger partial charge in [-0.2, -0.15) is 0 Å². The third-order valence-electron chi connectivity index (χ3n) is 3.94. The van der Waals surface area contributed by atoms with Crippen LogP contribution in [0.5, 0.6) is 0 Å². The maximum atomic E-state index is 12.3. The fourth-order valence-electron chi connectivity index (χ4n) is 2.84. The van der Waals surface area contributed by atoms with E-state index in [9.17, 15) is 9.59 Å². The van der Waals surface area contributed by atoms with E-state index in [0.717, 1.165) is 32.2 Å². The van der Waals surface area contributed by atoms with Gasteiger partial charge in [0, 0.05) is 13.1 Å². The van der Waals surface area contributed by atoms with E-state index in [1.807, 2.05) is 0 Å². The largest absolute Gasteiger partial charge is 0.481 e. The lowest BCUT2D eigenvalue weighted by Crippen LogP contribution is -2.50. The Labute approximate surface area is 108 Å². The van der Waals surface area contributed by atoms with Crippen LogP contribution in [0, 0.1) is 5.92 Å². The highest BCUT2D eigenvalue weighted by molar-refractivity contribution is 5.82. The number of piperidine rings is 1. The molecule has 0 spiro atoms. The molecule has 0 aliphatic carbocycles. The Morgan fingerprint density at radius 1 is 1.11 bits per heavy atom. The first-order valence-corrected chi connectivity index (χ1v) is 6.93. The summed E-state index contributed by atoms with van der Waals surface area (Å²) < 4.78 is 0. The highest BCUT2D eigenvalue weighted by Gasteiger charge is 2.31. The average molecular weight is 254 g/mol. The van der Waals surface area contributed by atoms with E-state index in [2.05, 4.69) is 5.32 Å². The molecule has 102 valence electrons. The Morgan fingerprint density at radius 3 is 2.72 bits per heavy atom. The Bertz CT molecular complexity index is 311. The van der Waals surface area contributed by atoms with Crippen LogP contribution in [0.15, 0.2) is 0 Å². The Hall–Kier alpha value is -1.10. The second-order valence-electron chi connectivity index (χ2n) is 5.32.